The van der Waals surface area contributed by atoms with E-state index < -0.39 is 46.7 Å². The highest BCUT2D eigenvalue weighted by Gasteiger charge is 2.44. The van der Waals surface area contributed by atoms with Crippen LogP contribution in [0, 0.1) is 5.41 Å². The third kappa shape index (κ3) is 6.53. The molecule has 264 valence electrons. The molecule has 2 aromatic carbocycles. The second-order valence-corrected chi connectivity index (χ2v) is 13.1. The normalized spacial score (nSPS) is 22.6. The zero-order valence-corrected chi connectivity index (χ0v) is 27.7. The number of rotatable bonds is 12. The number of amides is 3. The number of phenols is 2. The molecule has 3 N–H and O–H groups in total. The lowest BCUT2D eigenvalue weighted by atomic mass is 9.68. The number of ketones is 3. The van der Waals surface area contributed by atoms with E-state index in [1.807, 2.05) is 0 Å². The van der Waals surface area contributed by atoms with E-state index in [0.717, 1.165) is 11.3 Å². The van der Waals surface area contributed by atoms with E-state index in [2.05, 4.69) is 5.32 Å². The van der Waals surface area contributed by atoms with Crippen LogP contribution in [-0.2, 0) is 46.2 Å². The maximum atomic E-state index is 13.6. The zero-order valence-electron chi connectivity index (χ0n) is 27.7. The molecule has 3 amide bonds. The second-order valence-electron chi connectivity index (χ2n) is 13.1. The first-order valence-electron chi connectivity index (χ1n) is 16.5. The second kappa shape index (κ2) is 14.1. The fourth-order valence-electron chi connectivity index (χ4n) is 6.97. The van der Waals surface area contributed by atoms with Gasteiger partial charge in [0.1, 0.15) is 30.5 Å². The topological polar surface area (TPSA) is 195 Å². The van der Waals surface area contributed by atoms with E-state index in [0.29, 0.717) is 24.8 Å². The standard InChI is InChI=1S/C36H38N2O12/c1-36(12-11-20-22(15-36)34(45)30-31(32(20)43)35(46)29-21(33(30)44)6-4-7-23(29)47-2)24(39)17-49-28-8-3-5-19(50-28)16-48-18-25(40)37-13-14-38-26(41)9-10-27(38)42/h4,6-7,9-10,19,28,43,45H,3,5,8,11-18H2,1-2H3,(H,37,40). The molecule has 3 unspecified atom stereocenters. The number of imide groups is 1. The van der Waals surface area contributed by atoms with Gasteiger partial charge < -0.3 is 34.5 Å². The van der Waals surface area contributed by atoms with Gasteiger partial charge in [-0.2, -0.15) is 0 Å². The molecule has 2 heterocycles. The Hall–Kier alpha value is -4.92. The van der Waals surface area contributed by atoms with Gasteiger partial charge in [0.2, 0.25) is 11.7 Å². The molecule has 14 heteroatoms. The average molecular weight is 691 g/mol. The number of fused-ring (bicyclic) bond motifs is 3. The zero-order chi connectivity index (χ0) is 35.7. The first kappa shape index (κ1) is 34.9. The van der Waals surface area contributed by atoms with Crippen molar-refractivity contribution >= 4 is 35.1 Å². The van der Waals surface area contributed by atoms with Crippen LogP contribution in [0.4, 0.5) is 0 Å². The summed E-state index contributed by atoms with van der Waals surface area (Å²) in [5.74, 6) is -3.34. The number of Topliss-reactive ketones (excluding diaryl/α,β-unsaturated/α-hetero) is 1. The molecule has 1 fully saturated rings. The Balaban J connectivity index is 1.02. The fourth-order valence-corrected chi connectivity index (χ4v) is 6.97. The van der Waals surface area contributed by atoms with Crippen LogP contribution in [0.15, 0.2) is 30.4 Å². The Morgan fingerprint density at radius 3 is 2.44 bits per heavy atom. The lowest BCUT2D eigenvalue weighted by Gasteiger charge is -2.36. The van der Waals surface area contributed by atoms with Gasteiger partial charge in [-0.3, -0.25) is 33.7 Å². The van der Waals surface area contributed by atoms with Gasteiger partial charge in [-0.15, -0.1) is 0 Å². The quantitative estimate of drug-likeness (QED) is 0.185. The van der Waals surface area contributed by atoms with Crippen molar-refractivity contribution in [3.63, 3.8) is 0 Å². The highest BCUT2D eigenvalue weighted by atomic mass is 16.7. The van der Waals surface area contributed by atoms with Crippen molar-refractivity contribution in [2.24, 2.45) is 5.41 Å². The number of carbonyl (C=O) groups is 6. The van der Waals surface area contributed by atoms with Crippen LogP contribution in [0.1, 0.15) is 75.6 Å². The van der Waals surface area contributed by atoms with Crippen LogP contribution in [0.2, 0.25) is 0 Å². The summed E-state index contributed by atoms with van der Waals surface area (Å²) in [7, 11) is 1.38. The van der Waals surface area contributed by atoms with Gasteiger partial charge in [0, 0.05) is 47.3 Å². The highest BCUT2D eigenvalue weighted by Crippen LogP contribution is 2.49. The summed E-state index contributed by atoms with van der Waals surface area (Å²) in [6.45, 7) is 1.51. The van der Waals surface area contributed by atoms with E-state index >= 15 is 0 Å². The number of nitrogens with zero attached hydrogens (tertiary/aromatic N) is 1. The summed E-state index contributed by atoms with van der Waals surface area (Å²) >= 11 is 0. The third-order valence-corrected chi connectivity index (χ3v) is 9.80. The van der Waals surface area contributed by atoms with Gasteiger partial charge in [0.05, 0.1) is 36.5 Å². The lowest BCUT2D eigenvalue weighted by Crippen LogP contribution is -2.40. The SMILES string of the molecule is COc1cccc2c1C(=O)c1c(O)c3c(c(O)c1C2=O)CC(C)(C(=O)COC1CCCC(COCC(=O)NCCN2C(=O)C=CC2=O)O1)CC3. The number of methoxy groups -OCH3 is 1. The molecular weight excluding hydrogens is 652 g/mol. The van der Waals surface area contributed by atoms with Crippen LogP contribution in [0.5, 0.6) is 17.2 Å². The van der Waals surface area contributed by atoms with Gasteiger partial charge in [-0.25, -0.2) is 0 Å². The van der Waals surface area contributed by atoms with Crippen molar-refractivity contribution in [3.8, 4) is 17.2 Å². The molecule has 0 spiro atoms. The Morgan fingerprint density at radius 1 is 0.980 bits per heavy atom. The van der Waals surface area contributed by atoms with Crippen molar-refractivity contribution < 1.29 is 57.9 Å². The number of ether oxygens (including phenoxy) is 4. The molecule has 0 radical (unpaired) electrons. The van der Waals surface area contributed by atoms with Crippen LogP contribution >= 0.6 is 0 Å². The largest absolute Gasteiger partial charge is 0.507 e. The molecule has 2 aromatic rings. The maximum Gasteiger partial charge on any atom is 0.253 e. The lowest BCUT2D eigenvalue weighted by molar-refractivity contribution is -0.206. The summed E-state index contributed by atoms with van der Waals surface area (Å²) in [6.07, 6.45) is 3.79. The van der Waals surface area contributed by atoms with Gasteiger partial charge in [0.15, 0.2) is 17.9 Å². The molecule has 4 aliphatic rings. The monoisotopic (exact) mass is 690 g/mol. The van der Waals surface area contributed by atoms with Gasteiger partial charge in [-0.1, -0.05) is 19.1 Å². The van der Waals surface area contributed by atoms with Crippen LogP contribution in [0.3, 0.4) is 0 Å². The Kier molecular flexibility index (Phi) is 9.87. The summed E-state index contributed by atoms with van der Waals surface area (Å²) < 4.78 is 22.6. The molecule has 6 rings (SSSR count). The summed E-state index contributed by atoms with van der Waals surface area (Å²) in [6, 6.07) is 4.58. The van der Waals surface area contributed by atoms with Crippen molar-refractivity contribution in [1.29, 1.82) is 0 Å². The number of nitrogens with one attached hydrogen (secondary N) is 1. The van der Waals surface area contributed by atoms with Gasteiger partial charge in [-0.05, 0) is 44.6 Å². The number of hydrogen-bond acceptors (Lipinski definition) is 12. The highest BCUT2D eigenvalue weighted by molar-refractivity contribution is 6.31. The molecule has 3 atom stereocenters. The Bertz CT molecular complexity index is 1800. The molecule has 0 bridgehead atoms. The number of carbonyl (C=O) groups excluding carboxylic acids is 6. The summed E-state index contributed by atoms with van der Waals surface area (Å²) in [5.41, 5.74) is -0.879. The molecular formula is C36H38N2O12. The molecule has 0 saturated carbocycles. The number of aromatic hydroxyl groups is 2. The summed E-state index contributed by atoms with van der Waals surface area (Å²) in [5, 5.41) is 25.3. The van der Waals surface area contributed by atoms with Crippen LogP contribution in [0.25, 0.3) is 0 Å². The summed E-state index contributed by atoms with van der Waals surface area (Å²) in [4.78, 5) is 77.0. The van der Waals surface area contributed by atoms with Crippen LogP contribution in [-0.4, -0.2) is 103 Å². The average Bonchev–Trinajstić information content (AvgIpc) is 3.43. The Labute approximate surface area is 287 Å². The molecule has 50 heavy (non-hydrogen) atoms. The Morgan fingerprint density at radius 2 is 1.70 bits per heavy atom. The first-order chi connectivity index (χ1) is 23.9. The molecule has 2 aliphatic heterocycles. The van der Waals surface area contributed by atoms with Crippen molar-refractivity contribution in [1.82, 2.24) is 10.2 Å². The van der Waals surface area contributed by atoms with Crippen molar-refractivity contribution in [2.45, 2.75) is 57.8 Å². The number of hydrogen-bond donors (Lipinski definition) is 3. The fraction of sp³-hybridized carbons (Fsp3) is 0.444. The molecule has 14 nitrogen and oxygen atoms in total. The molecule has 0 aromatic heterocycles. The van der Waals surface area contributed by atoms with E-state index in [-0.39, 0.29) is 97.0 Å². The third-order valence-electron chi connectivity index (χ3n) is 9.80. The first-order valence-corrected chi connectivity index (χ1v) is 16.5. The minimum Gasteiger partial charge on any atom is -0.507 e. The van der Waals surface area contributed by atoms with E-state index in [1.165, 1.54) is 25.3 Å². The van der Waals surface area contributed by atoms with E-state index in [1.54, 1.807) is 19.1 Å². The van der Waals surface area contributed by atoms with Gasteiger partial charge >= 0.3 is 0 Å². The molecule has 2 aliphatic carbocycles. The predicted octanol–water partition coefficient (Wildman–Crippen LogP) is 1.92. The number of phenolic OH excluding ortho intramolecular Hbond substituents is 2. The van der Waals surface area contributed by atoms with E-state index in [9.17, 15) is 39.0 Å². The smallest absolute Gasteiger partial charge is 0.253 e. The van der Waals surface area contributed by atoms with Crippen molar-refractivity contribution in [3.05, 3.63) is 63.7 Å². The van der Waals surface area contributed by atoms with Gasteiger partial charge in [0.25, 0.3) is 11.8 Å². The molecule has 1 saturated heterocycles. The maximum absolute atomic E-state index is 13.6. The minimum atomic E-state index is -0.996. The number of benzene rings is 2. The minimum absolute atomic E-state index is 0.0230. The van der Waals surface area contributed by atoms with Crippen LogP contribution < -0.4 is 10.1 Å². The van der Waals surface area contributed by atoms with Crippen molar-refractivity contribution in [2.75, 3.05) is 40.0 Å². The predicted molar refractivity (Wildman–Crippen MR) is 173 cm³/mol. The van der Waals surface area contributed by atoms with E-state index in [4.69, 9.17) is 18.9 Å².